The maximum absolute atomic E-state index is 11.7. The Morgan fingerprint density at radius 3 is 2.83 bits per heavy atom. The van der Waals surface area contributed by atoms with Crippen LogP contribution in [0.25, 0.3) is 11.0 Å². The topological polar surface area (TPSA) is 46.9 Å². The van der Waals surface area contributed by atoms with Crippen LogP contribution in [0, 0.1) is 5.92 Å². The minimum atomic E-state index is 0.0560. The molecule has 1 unspecified atom stereocenters. The maximum Gasteiger partial charge on any atom is 0.229 e. The minimum Gasteiger partial charge on any atom is -0.310 e. The van der Waals surface area contributed by atoms with Crippen LogP contribution < -0.4 is 5.32 Å². The Morgan fingerprint density at radius 1 is 1.33 bits per heavy atom. The van der Waals surface area contributed by atoms with Gasteiger partial charge in [-0.1, -0.05) is 32.9 Å². The van der Waals surface area contributed by atoms with Crippen molar-refractivity contribution in [2.45, 2.75) is 33.7 Å². The number of fused-ring (bicyclic) bond motifs is 3. The highest BCUT2D eigenvalue weighted by Crippen LogP contribution is 2.24. The van der Waals surface area contributed by atoms with Crippen LogP contribution in [0.4, 0.5) is 5.95 Å². The summed E-state index contributed by atoms with van der Waals surface area (Å²) in [5.74, 6) is 0.796. The zero-order valence-electron chi connectivity index (χ0n) is 11.1. The number of amides is 1. The van der Waals surface area contributed by atoms with Crippen molar-refractivity contribution in [2.75, 3.05) is 5.32 Å². The number of rotatable bonds is 0. The Balaban J connectivity index is 0.000000574. The van der Waals surface area contributed by atoms with E-state index in [0.717, 1.165) is 24.0 Å². The molecule has 0 spiro atoms. The molecule has 1 aromatic carbocycles. The van der Waals surface area contributed by atoms with Crippen molar-refractivity contribution in [2.24, 2.45) is 5.92 Å². The third kappa shape index (κ3) is 2.10. The monoisotopic (exact) mass is 245 g/mol. The minimum absolute atomic E-state index is 0.0560. The largest absolute Gasteiger partial charge is 0.310 e. The van der Waals surface area contributed by atoms with Crippen molar-refractivity contribution >= 4 is 22.9 Å². The van der Waals surface area contributed by atoms with Crippen LogP contribution in [0.1, 0.15) is 27.2 Å². The molecule has 0 fully saturated rings. The molecule has 4 nitrogen and oxygen atoms in total. The lowest BCUT2D eigenvalue weighted by molar-refractivity contribution is -0.119. The lowest BCUT2D eigenvalue weighted by atomic mass is 10.1. The molecular weight excluding hydrogens is 226 g/mol. The Hall–Kier alpha value is -1.84. The molecule has 1 aliphatic heterocycles. The summed E-state index contributed by atoms with van der Waals surface area (Å²) in [6.07, 6.45) is 0.860. The molecule has 3 rings (SSSR count). The summed E-state index contributed by atoms with van der Waals surface area (Å²) in [7, 11) is 0. The van der Waals surface area contributed by atoms with Crippen molar-refractivity contribution in [3.63, 3.8) is 0 Å². The third-order valence-corrected chi connectivity index (χ3v) is 3.12. The zero-order valence-corrected chi connectivity index (χ0v) is 11.1. The first-order valence-corrected chi connectivity index (χ1v) is 6.52. The number of aromatic nitrogens is 2. The van der Waals surface area contributed by atoms with Crippen molar-refractivity contribution < 1.29 is 4.79 Å². The Morgan fingerprint density at radius 2 is 2.06 bits per heavy atom. The summed E-state index contributed by atoms with van der Waals surface area (Å²) in [5.41, 5.74) is 2.03. The lowest BCUT2D eigenvalue weighted by Crippen LogP contribution is -2.18. The van der Waals surface area contributed by atoms with E-state index in [1.54, 1.807) is 0 Å². The lowest BCUT2D eigenvalue weighted by Gasteiger charge is -2.03. The molecule has 96 valence electrons. The first-order chi connectivity index (χ1) is 8.75. The number of benzene rings is 1. The average Bonchev–Trinajstić information content (AvgIpc) is 2.68. The number of para-hydroxylation sites is 2. The van der Waals surface area contributed by atoms with Crippen molar-refractivity contribution in [3.8, 4) is 0 Å². The van der Waals surface area contributed by atoms with Gasteiger partial charge in [0.15, 0.2) is 0 Å². The predicted molar refractivity (Wildman–Crippen MR) is 73.5 cm³/mol. The fourth-order valence-corrected chi connectivity index (χ4v) is 2.08. The number of nitrogens with zero attached hydrogens (tertiary/aromatic N) is 2. The molecule has 1 aromatic heterocycles. The van der Waals surface area contributed by atoms with Crippen LogP contribution in [0.15, 0.2) is 24.3 Å². The molecule has 2 aromatic rings. The van der Waals surface area contributed by atoms with Gasteiger partial charge in [-0.25, -0.2) is 4.98 Å². The van der Waals surface area contributed by atoms with E-state index in [-0.39, 0.29) is 11.8 Å². The van der Waals surface area contributed by atoms with Gasteiger partial charge >= 0.3 is 0 Å². The van der Waals surface area contributed by atoms with Crippen LogP contribution in [0.3, 0.4) is 0 Å². The van der Waals surface area contributed by atoms with Gasteiger partial charge in [-0.2, -0.15) is 0 Å². The van der Waals surface area contributed by atoms with Gasteiger partial charge in [0.1, 0.15) is 0 Å². The highest BCUT2D eigenvalue weighted by atomic mass is 16.2. The van der Waals surface area contributed by atoms with Crippen LogP contribution >= 0.6 is 0 Å². The van der Waals surface area contributed by atoms with E-state index >= 15 is 0 Å². The number of hydrogen-bond donors (Lipinski definition) is 1. The van der Waals surface area contributed by atoms with Crippen molar-refractivity contribution in [3.05, 3.63) is 24.3 Å². The van der Waals surface area contributed by atoms with Gasteiger partial charge in [0, 0.05) is 12.5 Å². The van der Waals surface area contributed by atoms with Crippen LogP contribution in [0.5, 0.6) is 0 Å². The Bertz CT molecular complexity index is 559. The second kappa shape index (κ2) is 5.21. The van der Waals surface area contributed by atoms with Crippen LogP contribution in [0.2, 0.25) is 0 Å². The Kier molecular flexibility index (Phi) is 3.65. The average molecular weight is 245 g/mol. The van der Waals surface area contributed by atoms with E-state index in [4.69, 9.17) is 0 Å². The summed E-state index contributed by atoms with van der Waals surface area (Å²) < 4.78 is 2.08. The van der Waals surface area contributed by atoms with E-state index in [9.17, 15) is 4.79 Å². The highest BCUT2D eigenvalue weighted by molar-refractivity contribution is 5.93. The number of nitrogens with one attached hydrogen (secondary N) is 1. The molecular formula is C14H19N3O. The third-order valence-electron chi connectivity index (χ3n) is 3.12. The summed E-state index contributed by atoms with van der Waals surface area (Å²) in [6, 6.07) is 7.95. The molecule has 0 bridgehead atoms. The number of anilines is 1. The summed E-state index contributed by atoms with van der Waals surface area (Å²) in [6.45, 7) is 6.79. The highest BCUT2D eigenvalue weighted by Gasteiger charge is 2.21. The second-order valence-corrected chi connectivity index (χ2v) is 4.25. The van der Waals surface area contributed by atoms with Crippen LogP contribution in [-0.2, 0) is 11.3 Å². The van der Waals surface area contributed by atoms with Gasteiger partial charge in [0.2, 0.25) is 11.9 Å². The molecule has 18 heavy (non-hydrogen) atoms. The van der Waals surface area contributed by atoms with Gasteiger partial charge in [-0.05, 0) is 18.6 Å². The number of carbonyl (C=O) groups is 1. The van der Waals surface area contributed by atoms with Crippen molar-refractivity contribution in [1.29, 1.82) is 0 Å². The summed E-state index contributed by atoms with van der Waals surface area (Å²) in [5, 5.41) is 2.87. The van der Waals surface area contributed by atoms with E-state index in [1.165, 1.54) is 0 Å². The standard InChI is InChI=1S/C12H13N3O.C2H6/c1-8-6-7-15-10-5-3-2-4-9(10)13-12(15)14-11(8)16;1-2/h2-5,8H,6-7H2,1H3,(H,13,14,16);1-2H3. The van der Waals surface area contributed by atoms with Crippen LogP contribution in [-0.4, -0.2) is 15.5 Å². The second-order valence-electron chi connectivity index (χ2n) is 4.25. The molecule has 0 aliphatic carbocycles. The smallest absolute Gasteiger partial charge is 0.229 e. The van der Waals surface area contributed by atoms with Gasteiger partial charge < -0.3 is 4.57 Å². The van der Waals surface area contributed by atoms with Crippen molar-refractivity contribution in [1.82, 2.24) is 9.55 Å². The molecule has 1 amide bonds. The zero-order chi connectivity index (χ0) is 13.1. The summed E-state index contributed by atoms with van der Waals surface area (Å²) in [4.78, 5) is 16.1. The van der Waals surface area contributed by atoms with E-state index in [1.807, 2.05) is 45.0 Å². The fraction of sp³-hybridized carbons (Fsp3) is 0.429. The number of hydrogen-bond acceptors (Lipinski definition) is 2. The molecule has 0 radical (unpaired) electrons. The molecule has 4 heteroatoms. The molecule has 0 saturated carbocycles. The molecule has 1 aliphatic rings. The molecule has 2 heterocycles. The first-order valence-electron chi connectivity index (χ1n) is 6.52. The normalized spacial score (nSPS) is 18.4. The number of carbonyl (C=O) groups excluding carboxylic acids is 1. The molecule has 1 N–H and O–H groups in total. The van der Waals surface area contributed by atoms with Gasteiger partial charge in [-0.3, -0.25) is 10.1 Å². The SMILES string of the molecule is CC.CC1CCn2c(nc3ccccc32)NC1=O. The molecule has 1 atom stereocenters. The van der Waals surface area contributed by atoms with E-state index in [0.29, 0.717) is 5.95 Å². The van der Waals surface area contributed by atoms with E-state index < -0.39 is 0 Å². The van der Waals surface area contributed by atoms with Gasteiger partial charge in [0.25, 0.3) is 0 Å². The van der Waals surface area contributed by atoms with Gasteiger partial charge in [-0.15, -0.1) is 0 Å². The number of imidazole rings is 1. The predicted octanol–water partition coefficient (Wildman–Crippen LogP) is 3.04. The molecule has 0 saturated heterocycles. The quantitative estimate of drug-likeness (QED) is 0.775. The Labute approximate surface area is 107 Å². The van der Waals surface area contributed by atoms with E-state index in [2.05, 4.69) is 14.9 Å². The fourth-order valence-electron chi connectivity index (χ4n) is 2.08. The first kappa shape index (κ1) is 12.6. The maximum atomic E-state index is 11.7. The summed E-state index contributed by atoms with van der Waals surface area (Å²) >= 11 is 0. The number of aryl methyl sites for hydroxylation is 1. The van der Waals surface area contributed by atoms with Gasteiger partial charge in [0.05, 0.1) is 11.0 Å².